The average molecular weight is 244 g/mol. The van der Waals surface area contributed by atoms with Crippen LogP contribution in [0.3, 0.4) is 0 Å². The highest BCUT2D eigenvalue weighted by Gasteiger charge is 2.16. The number of anilines is 1. The zero-order chi connectivity index (χ0) is 12.8. The number of nitriles is 1. The van der Waals surface area contributed by atoms with E-state index in [0.717, 1.165) is 25.9 Å². The van der Waals surface area contributed by atoms with Gasteiger partial charge >= 0.3 is 0 Å². The van der Waals surface area contributed by atoms with Crippen molar-refractivity contribution in [3.8, 4) is 6.07 Å². The van der Waals surface area contributed by atoms with Crippen LogP contribution in [0.25, 0.3) is 0 Å². The normalized spacial score (nSPS) is 18.3. The first kappa shape index (κ1) is 12.6. The largest absolute Gasteiger partial charge is 0.378 e. The number of nitrogens with zero attached hydrogens (tertiary/aromatic N) is 1. The van der Waals surface area contributed by atoms with Gasteiger partial charge < -0.3 is 10.1 Å². The maximum atomic E-state index is 11.8. The summed E-state index contributed by atoms with van der Waals surface area (Å²) < 4.78 is 5.47. The Hall–Kier alpha value is -1.86. The summed E-state index contributed by atoms with van der Waals surface area (Å²) in [5.74, 6) is -0.0619. The summed E-state index contributed by atoms with van der Waals surface area (Å²) in [4.78, 5) is 11.8. The molecule has 18 heavy (non-hydrogen) atoms. The molecule has 0 aromatic heterocycles. The lowest BCUT2D eigenvalue weighted by atomic mass is 10.1. The minimum atomic E-state index is -0.0619. The van der Waals surface area contributed by atoms with E-state index in [-0.39, 0.29) is 12.0 Å². The van der Waals surface area contributed by atoms with Crippen LogP contribution < -0.4 is 5.32 Å². The van der Waals surface area contributed by atoms with Gasteiger partial charge in [0.25, 0.3) is 0 Å². The van der Waals surface area contributed by atoms with E-state index >= 15 is 0 Å². The molecule has 0 spiro atoms. The van der Waals surface area contributed by atoms with Crippen LogP contribution in [-0.2, 0) is 9.53 Å². The fraction of sp³-hybridized carbons (Fsp3) is 0.429. The minimum Gasteiger partial charge on any atom is -0.378 e. The summed E-state index contributed by atoms with van der Waals surface area (Å²) >= 11 is 0. The lowest BCUT2D eigenvalue weighted by Crippen LogP contribution is -2.15. The van der Waals surface area contributed by atoms with Gasteiger partial charge in [0.2, 0.25) is 5.91 Å². The molecule has 0 saturated carbocycles. The molecule has 1 aromatic rings. The first-order valence-electron chi connectivity index (χ1n) is 6.20. The Morgan fingerprint density at radius 2 is 2.33 bits per heavy atom. The lowest BCUT2D eigenvalue weighted by molar-refractivity contribution is -0.116. The third-order valence-corrected chi connectivity index (χ3v) is 3.04. The van der Waals surface area contributed by atoms with Gasteiger partial charge in [-0.05, 0) is 31.4 Å². The molecule has 4 heteroatoms. The maximum Gasteiger partial charge on any atom is 0.224 e. The second-order valence-electron chi connectivity index (χ2n) is 4.38. The number of benzene rings is 1. The van der Waals surface area contributed by atoms with E-state index < -0.39 is 0 Å². The quantitative estimate of drug-likeness (QED) is 0.884. The number of carbonyl (C=O) groups is 1. The first-order chi connectivity index (χ1) is 8.79. The SMILES string of the molecule is N#Cc1ccccc1NC(=O)CCC1CCCO1. The van der Waals surface area contributed by atoms with Crippen molar-refractivity contribution in [2.75, 3.05) is 11.9 Å². The van der Waals surface area contributed by atoms with Gasteiger partial charge in [-0.2, -0.15) is 5.26 Å². The van der Waals surface area contributed by atoms with E-state index in [0.29, 0.717) is 17.7 Å². The van der Waals surface area contributed by atoms with Gasteiger partial charge in [0.15, 0.2) is 0 Å². The smallest absolute Gasteiger partial charge is 0.224 e. The van der Waals surface area contributed by atoms with Gasteiger partial charge in [-0.25, -0.2) is 0 Å². The fourth-order valence-corrected chi connectivity index (χ4v) is 2.07. The van der Waals surface area contributed by atoms with E-state index in [1.165, 1.54) is 0 Å². The molecule has 1 fully saturated rings. The van der Waals surface area contributed by atoms with Crippen molar-refractivity contribution < 1.29 is 9.53 Å². The Labute approximate surface area is 107 Å². The van der Waals surface area contributed by atoms with E-state index in [1.54, 1.807) is 24.3 Å². The number of rotatable bonds is 4. The zero-order valence-corrected chi connectivity index (χ0v) is 10.2. The molecular formula is C14H16N2O2. The van der Waals surface area contributed by atoms with Crippen LogP contribution in [0.4, 0.5) is 5.69 Å². The number of hydrogen-bond donors (Lipinski definition) is 1. The summed E-state index contributed by atoms with van der Waals surface area (Å²) in [6.07, 6.45) is 3.54. The highest BCUT2D eigenvalue weighted by molar-refractivity contribution is 5.92. The van der Waals surface area contributed by atoms with E-state index in [2.05, 4.69) is 11.4 Å². The first-order valence-corrected chi connectivity index (χ1v) is 6.20. The molecule has 1 amide bonds. The predicted molar refractivity (Wildman–Crippen MR) is 68.0 cm³/mol. The predicted octanol–water partition coefficient (Wildman–Crippen LogP) is 2.46. The van der Waals surface area contributed by atoms with Gasteiger partial charge in [0.1, 0.15) is 6.07 Å². The van der Waals surface area contributed by atoms with Crippen molar-refractivity contribution in [1.29, 1.82) is 5.26 Å². The molecule has 1 aliphatic rings. The van der Waals surface area contributed by atoms with Crippen LogP contribution in [-0.4, -0.2) is 18.6 Å². The number of carbonyl (C=O) groups excluding carboxylic acids is 1. The summed E-state index contributed by atoms with van der Waals surface area (Å²) in [5.41, 5.74) is 1.07. The standard InChI is InChI=1S/C14H16N2O2/c15-10-11-4-1-2-6-13(11)16-14(17)8-7-12-5-3-9-18-12/h1-2,4,6,12H,3,5,7-9H2,(H,16,17). The van der Waals surface area contributed by atoms with Crippen molar-refractivity contribution in [1.82, 2.24) is 0 Å². The molecule has 1 saturated heterocycles. The van der Waals surface area contributed by atoms with Crippen molar-refractivity contribution in [2.45, 2.75) is 31.8 Å². The molecule has 0 bridgehead atoms. The molecule has 4 nitrogen and oxygen atoms in total. The molecule has 1 unspecified atom stereocenters. The summed E-state index contributed by atoms with van der Waals surface area (Å²) in [5, 5.41) is 11.7. The number of para-hydroxylation sites is 1. The summed E-state index contributed by atoms with van der Waals surface area (Å²) in [6, 6.07) is 9.07. The Morgan fingerprint density at radius 1 is 1.50 bits per heavy atom. The molecule has 2 rings (SSSR count). The van der Waals surface area contributed by atoms with Crippen molar-refractivity contribution in [3.05, 3.63) is 29.8 Å². The molecule has 1 atom stereocenters. The molecule has 94 valence electrons. The highest BCUT2D eigenvalue weighted by atomic mass is 16.5. The lowest BCUT2D eigenvalue weighted by Gasteiger charge is -2.10. The second-order valence-corrected chi connectivity index (χ2v) is 4.38. The Balaban J connectivity index is 1.85. The van der Waals surface area contributed by atoms with Gasteiger partial charge in [-0.15, -0.1) is 0 Å². The average Bonchev–Trinajstić information content (AvgIpc) is 2.90. The third-order valence-electron chi connectivity index (χ3n) is 3.04. The molecule has 0 radical (unpaired) electrons. The third kappa shape index (κ3) is 3.31. The van der Waals surface area contributed by atoms with E-state index in [4.69, 9.17) is 10.00 Å². The minimum absolute atomic E-state index is 0.0619. The topological polar surface area (TPSA) is 62.1 Å². The highest BCUT2D eigenvalue weighted by Crippen LogP contribution is 2.18. The molecule has 1 aromatic carbocycles. The molecule has 1 N–H and O–H groups in total. The fourth-order valence-electron chi connectivity index (χ4n) is 2.07. The number of ether oxygens (including phenoxy) is 1. The van der Waals surface area contributed by atoms with Crippen LogP contribution in [0.1, 0.15) is 31.2 Å². The van der Waals surface area contributed by atoms with Crippen molar-refractivity contribution in [2.24, 2.45) is 0 Å². The summed E-state index contributed by atoms with van der Waals surface area (Å²) in [6.45, 7) is 0.809. The Morgan fingerprint density at radius 3 is 3.06 bits per heavy atom. The number of hydrogen-bond acceptors (Lipinski definition) is 3. The van der Waals surface area contributed by atoms with Gasteiger partial charge in [0, 0.05) is 13.0 Å². The van der Waals surface area contributed by atoms with Crippen LogP contribution >= 0.6 is 0 Å². The zero-order valence-electron chi connectivity index (χ0n) is 10.2. The van der Waals surface area contributed by atoms with Gasteiger partial charge in [-0.1, -0.05) is 12.1 Å². The molecule has 1 aliphatic heterocycles. The maximum absolute atomic E-state index is 11.8. The van der Waals surface area contributed by atoms with Crippen LogP contribution in [0.5, 0.6) is 0 Å². The van der Waals surface area contributed by atoms with Gasteiger partial charge in [-0.3, -0.25) is 4.79 Å². The monoisotopic (exact) mass is 244 g/mol. The number of amides is 1. The van der Waals surface area contributed by atoms with Crippen molar-refractivity contribution in [3.63, 3.8) is 0 Å². The molecular weight excluding hydrogens is 228 g/mol. The van der Waals surface area contributed by atoms with Gasteiger partial charge in [0.05, 0.1) is 17.4 Å². The summed E-state index contributed by atoms with van der Waals surface area (Å²) in [7, 11) is 0. The molecule has 0 aliphatic carbocycles. The van der Waals surface area contributed by atoms with Crippen LogP contribution in [0, 0.1) is 11.3 Å². The van der Waals surface area contributed by atoms with E-state index in [9.17, 15) is 4.79 Å². The Bertz CT molecular complexity index is 459. The second kappa shape index (κ2) is 6.18. The molecule has 1 heterocycles. The Kier molecular flexibility index (Phi) is 4.32. The van der Waals surface area contributed by atoms with E-state index in [1.807, 2.05) is 0 Å². The number of nitrogens with one attached hydrogen (secondary N) is 1. The van der Waals surface area contributed by atoms with Crippen molar-refractivity contribution >= 4 is 11.6 Å². The van der Waals surface area contributed by atoms with Crippen LogP contribution in [0.2, 0.25) is 0 Å². The van der Waals surface area contributed by atoms with Crippen LogP contribution in [0.15, 0.2) is 24.3 Å².